The summed E-state index contributed by atoms with van der Waals surface area (Å²) in [7, 11) is 0. The van der Waals surface area contributed by atoms with Crippen molar-refractivity contribution in [2.24, 2.45) is 11.3 Å². The largest absolute Gasteiger partial charge is 0.294 e. The molecule has 0 amide bonds. The van der Waals surface area contributed by atoms with Crippen LogP contribution in [0.5, 0.6) is 0 Å². The zero-order valence-corrected chi connectivity index (χ0v) is 11.3. The van der Waals surface area contributed by atoms with Crippen LogP contribution in [-0.4, -0.2) is 5.78 Å². The minimum absolute atomic E-state index is 0.0378. The van der Waals surface area contributed by atoms with E-state index in [-0.39, 0.29) is 17.1 Å². The van der Waals surface area contributed by atoms with Gasteiger partial charge < -0.3 is 0 Å². The molecular formula is C16H22O. The first kappa shape index (κ1) is 12.3. The monoisotopic (exact) mass is 230 g/mol. The van der Waals surface area contributed by atoms with Gasteiger partial charge in [-0.1, -0.05) is 39.8 Å². The molecule has 1 unspecified atom stereocenters. The summed E-state index contributed by atoms with van der Waals surface area (Å²) in [6, 6.07) is 6.27. The number of ketones is 1. The summed E-state index contributed by atoms with van der Waals surface area (Å²) in [5.41, 5.74) is 3.76. The Morgan fingerprint density at radius 1 is 1.18 bits per heavy atom. The topological polar surface area (TPSA) is 17.1 Å². The standard InChI is InChI=1S/C16H22O/c1-11(16(2,3)4)15(17)14-9-8-12-6-5-7-13(12)10-14/h8-11H,5-7H2,1-4H3. The number of rotatable bonds is 2. The van der Waals surface area contributed by atoms with Gasteiger partial charge in [-0.15, -0.1) is 0 Å². The Hall–Kier alpha value is -1.11. The van der Waals surface area contributed by atoms with Crippen molar-refractivity contribution in [2.45, 2.75) is 47.0 Å². The molecule has 0 fully saturated rings. The molecule has 2 rings (SSSR count). The predicted molar refractivity (Wildman–Crippen MR) is 71.4 cm³/mol. The molecule has 1 nitrogen and oxygen atoms in total. The Morgan fingerprint density at radius 3 is 2.47 bits per heavy atom. The highest BCUT2D eigenvalue weighted by molar-refractivity contribution is 5.98. The molecule has 0 heterocycles. The van der Waals surface area contributed by atoms with E-state index in [9.17, 15) is 4.79 Å². The zero-order chi connectivity index (χ0) is 12.6. The molecule has 0 saturated carbocycles. The Balaban J connectivity index is 2.26. The lowest BCUT2D eigenvalue weighted by atomic mass is 9.77. The zero-order valence-electron chi connectivity index (χ0n) is 11.3. The fraction of sp³-hybridized carbons (Fsp3) is 0.562. The lowest BCUT2D eigenvalue weighted by Crippen LogP contribution is -2.25. The van der Waals surface area contributed by atoms with Gasteiger partial charge >= 0.3 is 0 Å². The van der Waals surface area contributed by atoms with E-state index in [0.717, 1.165) is 12.0 Å². The number of hydrogen-bond donors (Lipinski definition) is 0. The van der Waals surface area contributed by atoms with Crippen LogP contribution in [0.25, 0.3) is 0 Å². The quantitative estimate of drug-likeness (QED) is 0.701. The van der Waals surface area contributed by atoms with Crippen molar-refractivity contribution < 1.29 is 4.79 Å². The minimum Gasteiger partial charge on any atom is -0.294 e. The SMILES string of the molecule is CC(C(=O)c1ccc2c(c1)CCC2)C(C)(C)C. The highest BCUT2D eigenvalue weighted by Gasteiger charge is 2.28. The molecule has 0 saturated heterocycles. The number of carbonyl (C=O) groups is 1. The Morgan fingerprint density at radius 2 is 1.82 bits per heavy atom. The van der Waals surface area contributed by atoms with Crippen LogP contribution in [0.3, 0.4) is 0 Å². The van der Waals surface area contributed by atoms with E-state index in [1.807, 2.05) is 13.0 Å². The average molecular weight is 230 g/mol. The van der Waals surface area contributed by atoms with Crippen molar-refractivity contribution in [3.05, 3.63) is 34.9 Å². The van der Waals surface area contributed by atoms with Gasteiger partial charge in [0.25, 0.3) is 0 Å². The van der Waals surface area contributed by atoms with Gasteiger partial charge in [0.05, 0.1) is 0 Å². The first-order valence-corrected chi connectivity index (χ1v) is 6.55. The minimum atomic E-state index is 0.0378. The summed E-state index contributed by atoms with van der Waals surface area (Å²) in [6.45, 7) is 8.42. The lowest BCUT2D eigenvalue weighted by Gasteiger charge is -2.26. The molecule has 0 aliphatic heterocycles. The Labute approximate surface area is 104 Å². The van der Waals surface area contributed by atoms with Crippen LogP contribution in [0.15, 0.2) is 18.2 Å². The molecule has 0 aromatic heterocycles. The molecule has 1 heteroatoms. The smallest absolute Gasteiger partial charge is 0.166 e. The molecule has 0 bridgehead atoms. The van der Waals surface area contributed by atoms with E-state index in [0.29, 0.717) is 0 Å². The average Bonchev–Trinajstić information content (AvgIpc) is 2.72. The van der Waals surface area contributed by atoms with Gasteiger partial charge in [0.1, 0.15) is 0 Å². The number of carbonyl (C=O) groups excluding carboxylic acids is 1. The van der Waals surface area contributed by atoms with E-state index in [2.05, 4.69) is 32.9 Å². The molecule has 0 spiro atoms. The van der Waals surface area contributed by atoms with Gasteiger partial charge in [0, 0.05) is 11.5 Å². The molecule has 1 aromatic carbocycles. The van der Waals surface area contributed by atoms with E-state index in [4.69, 9.17) is 0 Å². The number of fused-ring (bicyclic) bond motifs is 1. The second kappa shape index (κ2) is 4.29. The van der Waals surface area contributed by atoms with Gasteiger partial charge in [0.15, 0.2) is 5.78 Å². The molecule has 17 heavy (non-hydrogen) atoms. The van der Waals surface area contributed by atoms with Crippen molar-refractivity contribution in [3.8, 4) is 0 Å². The third-order valence-electron chi connectivity index (χ3n) is 4.08. The second-order valence-electron chi connectivity index (χ2n) is 6.29. The van der Waals surface area contributed by atoms with Crippen LogP contribution < -0.4 is 0 Å². The molecule has 1 aliphatic rings. The van der Waals surface area contributed by atoms with Crippen LogP contribution in [0, 0.1) is 11.3 Å². The molecule has 0 radical (unpaired) electrons. The van der Waals surface area contributed by atoms with Crippen LogP contribution in [0.1, 0.15) is 55.6 Å². The Kier molecular flexibility index (Phi) is 3.11. The molecule has 1 aliphatic carbocycles. The van der Waals surface area contributed by atoms with Crippen LogP contribution in [-0.2, 0) is 12.8 Å². The molecular weight excluding hydrogens is 208 g/mol. The van der Waals surface area contributed by atoms with E-state index < -0.39 is 0 Å². The number of Topliss-reactive ketones (excluding diaryl/α,β-unsaturated/α-hetero) is 1. The van der Waals surface area contributed by atoms with E-state index >= 15 is 0 Å². The molecule has 92 valence electrons. The van der Waals surface area contributed by atoms with Crippen molar-refractivity contribution in [1.82, 2.24) is 0 Å². The fourth-order valence-corrected chi connectivity index (χ4v) is 2.37. The van der Waals surface area contributed by atoms with Crippen LogP contribution >= 0.6 is 0 Å². The predicted octanol–water partition coefficient (Wildman–Crippen LogP) is 4.04. The fourth-order valence-electron chi connectivity index (χ4n) is 2.37. The molecule has 1 aromatic rings. The van der Waals surface area contributed by atoms with Crippen molar-refractivity contribution >= 4 is 5.78 Å². The number of hydrogen-bond acceptors (Lipinski definition) is 1. The van der Waals surface area contributed by atoms with Crippen LogP contribution in [0.4, 0.5) is 0 Å². The van der Waals surface area contributed by atoms with E-state index in [1.165, 1.54) is 24.0 Å². The summed E-state index contributed by atoms with van der Waals surface area (Å²) in [4.78, 5) is 12.4. The summed E-state index contributed by atoms with van der Waals surface area (Å²) >= 11 is 0. The summed E-state index contributed by atoms with van der Waals surface area (Å²) in [6.07, 6.45) is 3.56. The van der Waals surface area contributed by atoms with Gasteiger partial charge in [-0.2, -0.15) is 0 Å². The maximum absolute atomic E-state index is 12.4. The highest BCUT2D eigenvalue weighted by atomic mass is 16.1. The highest BCUT2D eigenvalue weighted by Crippen LogP contribution is 2.30. The van der Waals surface area contributed by atoms with Crippen molar-refractivity contribution in [2.75, 3.05) is 0 Å². The number of benzene rings is 1. The summed E-state index contributed by atoms with van der Waals surface area (Å²) in [5.74, 6) is 0.356. The van der Waals surface area contributed by atoms with Gasteiger partial charge in [-0.3, -0.25) is 4.79 Å². The molecule has 1 atom stereocenters. The van der Waals surface area contributed by atoms with Gasteiger partial charge in [0.2, 0.25) is 0 Å². The summed E-state index contributed by atoms with van der Waals surface area (Å²) < 4.78 is 0. The lowest BCUT2D eigenvalue weighted by molar-refractivity contribution is 0.0839. The second-order valence-corrected chi connectivity index (χ2v) is 6.29. The van der Waals surface area contributed by atoms with E-state index in [1.54, 1.807) is 0 Å². The first-order valence-electron chi connectivity index (χ1n) is 6.55. The van der Waals surface area contributed by atoms with Gasteiger partial charge in [-0.25, -0.2) is 0 Å². The third kappa shape index (κ3) is 2.43. The normalized spacial score (nSPS) is 16.7. The van der Waals surface area contributed by atoms with Crippen molar-refractivity contribution in [1.29, 1.82) is 0 Å². The first-order chi connectivity index (χ1) is 7.89. The van der Waals surface area contributed by atoms with Crippen molar-refractivity contribution in [3.63, 3.8) is 0 Å². The maximum Gasteiger partial charge on any atom is 0.166 e. The Bertz CT molecular complexity index is 437. The van der Waals surface area contributed by atoms with Gasteiger partial charge in [-0.05, 0) is 41.9 Å². The summed E-state index contributed by atoms with van der Waals surface area (Å²) in [5, 5.41) is 0. The molecule has 0 N–H and O–H groups in total. The third-order valence-corrected chi connectivity index (χ3v) is 4.08. The van der Waals surface area contributed by atoms with Crippen LogP contribution in [0.2, 0.25) is 0 Å². The maximum atomic E-state index is 12.4. The number of aryl methyl sites for hydroxylation is 2.